The van der Waals surface area contributed by atoms with Crippen molar-refractivity contribution in [3.8, 4) is 0 Å². The van der Waals surface area contributed by atoms with Gasteiger partial charge in [-0.1, -0.05) is 18.6 Å². The third kappa shape index (κ3) is 2.84. The lowest BCUT2D eigenvalue weighted by Crippen LogP contribution is -2.70. The Morgan fingerprint density at radius 3 is 2.53 bits per heavy atom. The Morgan fingerprint density at radius 2 is 1.94 bits per heavy atom. The van der Waals surface area contributed by atoms with E-state index >= 15 is 4.39 Å². The fourth-order valence-electron chi connectivity index (χ4n) is 7.38. The fourth-order valence-corrected chi connectivity index (χ4v) is 7.38. The molecule has 0 amide bonds. The van der Waals surface area contributed by atoms with E-state index in [1.165, 1.54) is 12.2 Å². The zero-order chi connectivity index (χ0) is 23.9. The maximum atomic E-state index is 17.2. The van der Waals surface area contributed by atoms with E-state index < -0.39 is 64.1 Å². The zero-order valence-corrected chi connectivity index (χ0v) is 19.5. The quantitative estimate of drug-likeness (QED) is 0.610. The minimum atomic E-state index is -2.06. The maximum Gasteiger partial charge on any atom is 0.192 e. The van der Waals surface area contributed by atoms with E-state index in [1.54, 1.807) is 19.9 Å². The number of ether oxygens (including phenoxy) is 1. The molecule has 0 radical (unpaired) electrons. The second-order valence-corrected chi connectivity index (χ2v) is 11.6. The topological polar surface area (TPSA) is 104 Å². The summed E-state index contributed by atoms with van der Waals surface area (Å²) in [5, 5.41) is 32.8. The van der Waals surface area contributed by atoms with Gasteiger partial charge in [-0.05, 0) is 71.4 Å². The normalized spacial score (nSPS) is 48.0. The SMILES string of the molecule is CC(C)(C)OC1CC2C3CCC4=CC(=O)C=C[C@]4(C)C3(F)[C@@H](O)C[C@]2(C)C1(O)C(=O)CO. The standard InChI is InChI=1S/C25H35FO6/c1-21(2,3)32-20-11-17-16-7-6-14-10-15(28)8-9-22(14,4)24(16,26)18(29)12-23(17,5)25(20,31)19(30)13-27/h8-10,16-18,20,27,29,31H,6-7,11-13H2,1-5H3/t16?,17?,18-,20?,22-,23-,24?,25?/m0/s1. The molecule has 3 fully saturated rings. The van der Waals surface area contributed by atoms with Crippen LogP contribution in [0.2, 0.25) is 0 Å². The monoisotopic (exact) mass is 450 g/mol. The van der Waals surface area contributed by atoms with E-state index in [4.69, 9.17) is 4.74 Å². The van der Waals surface area contributed by atoms with Gasteiger partial charge in [0, 0.05) is 16.7 Å². The van der Waals surface area contributed by atoms with Gasteiger partial charge in [-0.15, -0.1) is 0 Å². The van der Waals surface area contributed by atoms with Crippen LogP contribution < -0.4 is 0 Å². The molecule has 178 valence electrons. The lowest BCUT2D eigenvalue weighted by atomic mass is 9.44. The number of halogens is 1. The summed E-state index contributed by atoms with van der Waals surface area (Å²) in [5.41, 5.74) is -6.42. The van der Waals surface area contributed by atoms with E-state index in [0.717, 1.165) is 0 Å². The molecule has 0 heterocycles. The Labute approximate surface area is 188 Å². The van der Waals surface area contributed by atoms with E-state index in [-0.39, 0.29) is 18.6 Å². The molecule has 0 saturated heterocycles. The molecule has 4 aliphatic rings. The number of rotatable bonds is 3. The first-order chi connectivity index (χ1) is 14.6. The van der Waals surface area contributed by atoms with E-state index in [0.29, 0.717) is 18.4 Å². The van der Waals surface area contributed by atoms with E-state index in [9.17, 15) is 24.9 Å². The van der Waals surface area contributed by atoms with Crippen molar-refractivity contribution < 1.29 is 34.0 Å². The summed E-state index contributed by atoms with van der Waals surface area (Å²) in [5.74, 6) is -2.05. The average molecular weight is 451 g/mol. The number of carbonyl (C=O) groups excluding carboxylic acids is 2. The molecule has 0 aromatic heterocycles. The first-order valence-electron chi connectivity index (χ1n) is 11.5. The number of allylic oxidation sites excluding steroid dienone is 4. The summed E-state index contributed by atoms with van der Waals surface area (Å²) < 4.78 is 23.3. The van der Waals surface area contributed by atoms with Crippen LogP contribution >= 0.6 is 0 Å². The minimum Gasteiger partial charge on any atom is -0.390 e. The first-order valence-corrected chi connectivity index (χ1v) is 11.5. The lowest BCUT2D eigenvalue weighted by Gasteiger charge is -2.62. The largest absolute Gasteiger partial charge is 0.390 e. The Balaban J connectivity index is 1.84. The average Bonchev–Trinajstić information content (AvgIpc) is 2.90. The summed E-state index contributed by atoms with van der Waals surface area (Å²) >= 11 is 0. The molecular weight excluding hydrogens is 415 g/mol. The molecule has 0 aliphatic heterocycles. The molecule has 0 bridgehead atoms. The lowest BCUT2D eigenvalue weighted by molar-refractivity contribution is -0.228. The van der Waals surface area contributed by atoms with Crippen molar-refractivity contribution >= 4 is 11.6 Å². The van der Waals surface area contributed by atoms with Gasteiger partial charge in [-0.25, -0.2) is 4.39 Å². The van der Waals surface area contributed by atoms with Crippen LogP contribution in [0.1, 0.15) is 60.3 Å². The van der Waals surface area contributed by atoms with Crippen molar-refractivity contribution in [3.05, 3.63) is 23.8 Å². The molecule has 3 N–H and O–H groups in total. The van der Waals surface area contributed by atoms with Crippen molar-refractivity contribution in [1.29, 1.82) is 0 Å². The van der Waals surface area contributed by atoms with Crippen molar-refractivity contribution in [3.63, 3.8) is 0 Å². The summed E-state index contributed by atoms with van der Waals surface area (Å²) in [6, 6.07) is 0. The highest BCUT2D eigenvalue weighted by Gasteiger charge is 2.76. The van der Waals surface area contributed by atoms with Crippen molar-refractivity contribution in [2.24, 2.45) is 22.7 Å². The number of hydrogen-bond acceptors (Lipinski definition) is 6. The van der Waals surface area contributed by atoms with Crippen LogP contribution in [0.5, 0.6) is 0 Å². The Hall–Kier alpha value is -1.41. The summed E-state index contributed by atoms with van der Waals surface area (Å²) in [6.07, 6.45) is 3.00. The number of ketones is 2. The van der Waals surface area contributed by atoms with Crippen LogP contribution in [0.25, 0.3) is 0 Å². The minimum absolute atomic E-state index is 0.151. The molecule has 0 spiro atoms. The number of alkyl halides is 1. The van der Waals surface area contributed by atoms with Gasteiger partial charge in [0.15, 0.2) is 22.8 Å². The summed E-state index contributed by atoms with van der Waals surface area (Å²) in [4.78, 5) is 24.9. The number of Topliss-reactive ketones (excluding diaryl/α,β-unsaturated/α-hetero) is 1. The number of hydrogen-bond donors (Lipinski definition) is 3. The molecule has 6 nitrogen and oxygen atoms in total. The molecule has 0 aromatic rings. The fraction of sp³-hybridized carbons (Fsp3) is 0.760. The number of aliphatic hydroxyl groups excluding tert-OH is 2. The van der Waals surface area contributed by atoms with Gasteiger partial charge in [-0.2, -0.15) is 0 Å². The van der Waals surface area contributed by atoms with Gasteiger partial charge >= 0.3 is 0 Å². The molecular formula is C25H35FO6. The number of carbonyl (C=O) groups is 2. The molecule has 4 aliphatic carbocycles. The Morgan fingerprint density at radius 1 is 1.28 bits per heavy atom. The summed E-state index contributed by atoms with van der Waals surface area (Å²) in [6.45, 7) is 8.03. The van der Waals surface area contributed by atoms with Crippen LogP contribution in [-0.2, 0) is 14.3 Å². The van der Waals surface area contributed by atoms with Gasteiger partial charge in [0.25, 0.3) is 0 Å². The van der Waals surface area contributed by atoms with Crippen molar-refractivity contribution in [2.75, 3.05) is 6.61 Å². The van der Waals surface area contributed by atoms with Crippen LogP contribution in [0.3, 0.4) is 0 Å². The van der Waals surface area contributed by atoms with E-state index in [1.807, 2.05) is 20.8 Å². The highest BCUT2D eigenvalue weighted by atomic mass is 19.1. The maximum absolute atomic E-state index is 17.2. The second-order valence-electron chi connectivity index (χ2n) is 11.6. The second kappa shape index (κ2) is 7.05. The molecule has 8 atom stereocenters. The van der Waals surface area contributed by atoms with E-state index in [2.05, 4.69) is 0 Å². The Bertz CT molecular complexity index is 905. The summed E-state index contributed by atoms with van der Waals surface area (Å²) in [7, 11) is 0. The first kappa shape index (κ1) is 23.7. The van der Waals surface area contributed by atoms with Gasteiger partial charge in [0.1, 0.15) is 6.61 Å². The molecule has 4 rings (SSSR count). The molecule has 32 heavy (non-hydrogen) atoms. The van der Waals surface area contributed by atoms with Crippen LogP contribution in [0.4, 0.5) is 4.39 Å². The predicted octanol–water partition coefficient (Wildman–Crippen LogP) is 2.44. The predicted molar refractivity (Wildman–Crippen MR) is 115 cm³/mol. The van der Waals surface area contributed by atoms with Gasteiger partial charge < -0.3 is 20.1 Å². The van der Waals surface area contributed by atoms with Crippen LogP contribution in [-0.4, -0.2) is 62.6 Å². The highest BCUT2D eigenvalue weighted by Crippen LogP contribution is 2.70. The smallest absolute Gasteiger partial charge is 0.192 e. The van der Waals surface area contributed by atoms with Crippen molar-refractivity contribution in [1.82, 2.24) is 0 Å². The number of aliphatic hydroxyl groups is 3. The molecule has 3 saturated carbocycles. The van der Waals surface area contributed by atoms with Crippen LogP contribution in [0, 0.1) is 22.7 Å². The van der Waals surface area contributed by atoms with Gasteiger partial charge in [-0.3, -0.25) is 9.59 Å². The van der Waals surface area contributed by atoms with Crippen molar-refractivity contribution in [2.45, 2.75) is 89.4 Å². The number of fused-ring (bicyclic) bond motifs is 5. The highest BCUT2D eigenvalue weighted by molar-refractivity contribution is 6.01. The molecule has 7 heteroatoms. The zero-order valence-electron chi connectivity index (χ0n) is 19.5. The van der Waals surface area contributed by atoms with Gasteiger partial charge in [0.2, 0.25) is 0 Å². The Kier molecular flexibility index (Phi) is 5.23. The third-order valence-corrected chi connectivity index (χ3v) is 8.90. The van der Waals surface area contributed by atoms with Gasteiger partial charge in [0.05, 0.1) is 17.8 Å². The molecule has 5 unspecified atom stereocenters. The van der Waals surface area contributed by atoms with Crippen LogP contribution in [0.15, 0.2) is 23.8 Å². The third-order valence-electron chi connectivity index (χ3n) is 8.90. The molecule has 0 aromatic carbocycles.